The van der Waals surface area contributed by atoms with Crippen molar-refractivity contribution >= 4 is 27.1 Å². The molecule has 0 saturated heterocycles. The van der Waals surface area contributed by atoms with E-state index in [0.717, 1.165) is 27.8 Å². The van der Waals surface area contributed by atoms with Crippen molar-refractivity contribution in [3.8, 4) is 28.1 Å². The molecule has 0 bridgehead atoms. The van der Waals surface area contributed by atoms with Gasteiger partial charge in [-0.2, -0.15) is 13.2 Å². The molecule has 0 spiro atoms. The Morgan fingerprint density at radius 1 is 1.00 bits per heavy atom. The lowest BCUT2D eigenvalue weighted by atomic mass is 9.93. The van der Waals surface area contributed by atoms with Crippen LogP contribution in [-0.2, 0) is 39.4 Å². The number of rotatable bonds is 7. The van der Waals surface area contributed by atoms with Crippen LogP contribution in [0.25, 0.3) is 22.4 Å². The molecular formula is C27H20F3NO5S2. The zero-order valence-electron chi connectivity index (χ0n) is 19.7. The first-order chi connectivity index (χ1) is 18.0. The van der Waals surface area contributed by atoms with E-state index < -0.39 is 39.9 Å². The fourth-order valence-electron chi connectivity index (χ4n) is 4.57. The van der Waals surface area contributed by atoms with Crippen molar-refractivity contribution in [1.29, 1.82) is 0 Å². The third kappa shape index (κ3) is 5.03. The first-order valence-corrected chi connectivity index (χ1v) is 14.0. The summed E-state index contributed by atoms with van der Waals surface area (Å²) in [7, 11) is -4.10. The molecule has 0 fully saturated rings. The lowest BCUT2D eigenvalue weighted by Crippen LogP contribution is -2.12. The van der Waals surface area contributed by atoms with Gasteiger partial charge in [0.25, 0.3) is 0 Å². The minimum absolute atomic E-state index is 0.0314. The van der Waals surface area contributed by atoms with Gasteiger partial charge in [-0.25, -0.2) is 18.2 Å². The summed E-state index contributed by atoms with van der Waals surface area (Å²) in [6.07, 6.45) is -3.69. The second-order valence-electron chi connectivity index (χ2n) is 8.68. The predicted molar refractivity (Wildman–Crippen MR) is 136 cm³/mol. The summed E-state index contributed by atoms with van der Waals surface area (Å²) in [6.45, 7) is -0.513. The van der Waals surface area contributed by atoms with Gasteiger partial charge in [-0.1, -0.05) is 54.6 Å². The van der Waals surface area contributed by atoms with Gasteiger partial charge in [-0.3, -0.25) is 0 Å². The van der Waals surface area contributed by atoms with Gasteiger partial charge in [0.2, 0.25) is 14.2 Å². The van der Waals surface area contributed by atoms with Crippen LogP contribution in [0.5, 0.6) is 5.75 Å². The molecule has 5 rings (SSSR count). The van der Waals surface area contributed by atoms with E-state index in [0.29, 0.717) is 29.8 Å². The molecule has 38 heavy (non-hydrogen) atoms. The van der Waals surface area contributed by atoms with Gasteiger partial charge in [0, 0.05) is 16.0 Å². The number of sulfone groups is 1. The fourth-order valence-corrected chi connectivity index (χ4v) is 7.36. The van der Waals surface area contributed by atoms with Gasteiger partial charge in [-0.05, 0) is 41.7 Å². The molecule has 1 aliphatic rings. The van der Waals surface area contributed by atoms with Gasteiger partial charge in [0.05, 0.1) is 17.0 Å². The van der Waals surface area contributed by atoms with Crippen molar-refractivity contribution in [2.75, 3.05) is 6.61 Å². The number of halogens is 3. The third-order valence-corrected chi connectivity index (χ3v) is 9.39. The van der Waals surface area contributed by atoms with E-state index in [2.05, 4.69) is 4.98 Å². The van der Waals surface area contributed by atoms with E-state index in [1.807, 2.05) is 0 Å². The van der Waals surface area contributed by atoms with Crippen LogP contribution in [0.2, 0.25) is 0 Å². The number of benzene rings is 3. The van der Waals surface area contributed by atoms with E-state index in [-0.39, 0.29) is 21.0 Å². The Hall–Kier alpha value is -3.70. The summed E-state index contributed by atoms with van der Waals surface area (Å²) in [5.41, 5.74) is 1.07. The molecule has 4 aromatic rings. The first kappa shape index (κ1) is 25.9. The standard InChI is InChI=1S/C27H20F3NO5S2/c28-27(29,30)20-10-4-8-17(24(20)16-6-2-1-3-7-16)15-38(34,35)26-31-25-19-9-5-11-21(36-14-23(32)33)18(19)12-13-22(25)37-26/h1-11H,12-15H2,(H,32,33). The van der Waals surface area contributed by atoms with Crippen molar-refractivity contribution in [2.24, 2.45) is 0 Å². The number of fused-ring (bicyclic) bond motifs is 3. The Labute approximate surface area is 220 Å². The lowest BCUT2D eigenvalue weighted by molar-refractivity contribution is -0.139. The number of thiazole rings is 1. The molecule has 196 valence electrons. The average molecular weight is 560 g/mol. The number of carboxylic acids is 1. The van der Waals surface area contributed by atoms with Gasteiger partial charge in [-0.15, -0.1) is 11.3 Å². The van der Waals surface area contributed by atoms with Gasteiger partial charge >= 0.3 is 12.1 Å². The summed E-state index contributed by atoms with van der Waals surface area (Å²) in [5.74, 6) is -1.38. The molecule has 11 heteroatoms. The molecule has 0 amide bonds. The number of hydrogen-bond donors (Lipinski definition) is 1. The maximum absolute atomic E-state index is 13.9. The number of nitrogens with zero attached hydrogens (tertiary/aromatic N) is 1. The van der Waals surface area contributed by atoms with Crippen LogP contribution < -0.4 is 4.74 Å². The first-order valence-electron chi connectivity index (χ1n) is 11.5. The van der Waals surface area contributed by atoms with Crippen LogP contribution in [0.3, 0.4) is 0 Å². The molecule has 0 saturated carbocycles. The molecule has 1 heterocycles. The number of aryl methyl sites for hydroxylation is 1. The quantitative estimate of drug-likeness (QED) is 0.297. The van der Waals surface area contributed by atoms with Crippen LogP contribution in [-0.4, -0.2) is 31.1 Å². The Balaban J connectivity index is 1.54. The van der Waals surface area contributed by atoms with Gasteiger partial charge < -0.3 is 9.84 Å². The van der Waals surface area contributed by atoms with Crippen LogP contribution in [0.15, 0.2) is 71.1 Å². The predicted octanol–water partition coefficient (Wildman–Crippen LogP) is 6.03. The van der Waals surface area contributed by atoms with Crippen LogP contribution >= 0.6 is 11.3 Å². The van der Waals surface area contributed by atoms with Crippen LogP contribution in [0.1, 0.15) is 21.6 Å². The summed E-state index contributed by atoms with van der Waals surface area (Å²) in [5, 5.41) is 8.94. The van der Waals surface area contributed by atoms with Crippen LogP contribution in [0.4, 0.5) is 13.2 Å². The molecule has 3 aromatic carbocycles. The highest BCUT2D eigenvalue weighted by Crippen LogP contribution is 2.43. The number of ether oxygens (including phenoxy) is 1. The summed E-state index contributed by atoms with van der Waals surface area (Å²) in [4.78, 5) is 16.1. The number of aliphatic carboxylic acids is 1. The molecular weight excluding hydrogens is 539 g/mol. The zero-order valence-corrected chi connectivity index (χ0v) is 21.3. The van der Waals surface area contributed by atoms with Crippen molar-refractivity contribution in [2.45, 2.75) is 29.1 Å². The topological polar surface area (TPSA) is 93.6 Å². The molecule has 0 atom stereocenters. The molecule has 0 aliphatic heterocycles. The van der Waals surface area contributed by atoms with Crippen molar-refractivity contribution < 1.29 is 36.2 Å². The van der Waals surface area contributed by atoms with Crippen molar-refractivity contribution in [3.05, 3.63) is 88.3 Å². The second-order valence-corrected chi connectivity index (χ2v) is 11.9. The van der Waals surface area contributed by atoms with E-state index in [1.165, 1.54) is 24.3 Å². The molecule has 1 N–H and O–H groups in total. The maximum atomic E-state index is 13.9. The van der Waals surface area contributed by atoms with Gasteiger partial charge in [0.15, 0.2) is 6.61 Å². The van der Waals surface area contributed by atoms with E-state index in [1.54, 1.807) is 36.4 Å². The zero-order chi connectivity index (χ0) is 27.1. The highest BCUT2D eigenvalue weighted by Gasteiger charge is 2.36. The Morgan fingerprint density at radius 2 is 1.74 bits per heavy atom. The van der Waals surface area contributed by atoms with Gasteiger partial charge in [0.1, 0.15) is 5.75 Å². The Bertz CT molecular complexity index is 1630. The Morgan fingerprint density at radius 3 is 2.45 bits per heavy atom. The summed E-state index contributed by atoms with van der Waals surface area (Å²) < 4.78 is 73.9. The highest BCUT2D eigenvalue weighted by atomic mass is 32.2. The lowest BCUT2D eigenvalue weighted by Gasteiger charge is -2.18. The molecule has 6 nitrogen and oxygen atoms in total. The molecule has 1 aromatic heterocycles. The number of carbonyl (C=O) groups is 1. The molecule has 1 aliphatic carbocycles. The van der Waals surface area contributed by atoms with E-state index in [4.69, 9.17) is 9.84 Å². The monoisotopic (exact) mass is 559 g/mol. The van der Waals surface area contributed by atoms with Crippen molar-refractivity contribution in [1.82, 2.24) is 4.98 Å². The number of hydrogen-bond acceptors (Lipinski definition) is 6. The molecule has 0 radical (unpaired) electrons. The number of aromatic nitrogens is 1. The molecule has 0 unspecified atom stereocenters. The third-order valence-electron chi connectivity index (χ3n) is 6.15. The minimum atomic E-state index is -4.67. The fraction of sp³-hybridized carbons (Fsp3) is 0.185. The number of alkyl halides is 3. The highest BCUT2D eigenvalue weighted by molar-refractivity contribution is 7.92. The Kier molecular flexibility index (Phi) is 6.74. The van der Waals surface area contributed by atoms with E-state index >= 15 is 0 Å². The average Bonchev–Trinajstić information content (AvgIpc) is 3.33. The second kappa shape index (κ2) is 9.88. The minimum Gasteiger partial charge on any atom is -0.482 e. The smallest absolute Gasteiger partial charge is 0.417 e. The summed E-state index contributed by atoms with van der Waals surface area (Å²) >= 11 is 1.00. The van der Waals surface area contributed by atoms with E-state index in [9.17, 15) is 26.4 Å². The summed E-state index contributed by atoms with van der Waals surface area (Å²) in [6, 6.07) is 16.5. The van der Waals surface area contributed by atoms with Crippen LogP contribution in [0, 0.1) is 0 Å². The largest absolute Gasteiger partial charge is 0.482 e. The SMILES string of the molecule is O=C(O)COc1cccc2c1CCc1sc(S(=O)(=O)Cc3cccc(C(F)(F)F)c3-c3ccccc3)nc1-2. The normalized spacial score (nSPS) is 13.0. The maximum Gasteiger partial charge on any atom is 0.417 e. The van der Waals surface area contributed by atoms with Crippen molar-refractivity contribution in [3.63, 3.8) is 0 Å². The number of carboxylic acid groups (broad SMARTS) is 1.